The minimum Gasteiger partial charge on any atom is -0.366 e. The highest BCUT2D eigenvalue weighted by Crippen LogP contribution is 2.25. The third kappa shape index (κ3) is 5.00. The van der Waals surface area contributed by atoms with Gasteiger partial charge in [-0.3, -0.25) is 9.69 Å². The van der Waals surface area contributed by atoms with Crippen molar-refractivity contribution in [1.82, 2.24) is 19.9 Å². The molecule has 2 aromatic heterocycles. The number of carbonyl (C=O) groups excluding carboxylic acids is 1. The van der Waals surface area contributed by atoms with Crippen LogP contribution >= 0.6 is 0 Å². The first-order valence-electron chi connectivity index (χ1n) is 11.8. The molecule has 0 saturated carbocycles. The molecular weight excluding hydrogens is 438 g/mol. The van der Waals surface area contributed by atoms with E-state index < -0.39 is 5.91 Å². The number of hydrogen-bond donors (Lipinski definition) is 2. The van der Waals surface area contributed by atoms with E-state index in [1.165, 1.54) is 5.56 Å². The number of aromatic amines is 1. The molecule has 8 nitrogen and oxygen atoms in total. The van der Waals surface area contributed by atoms with Crippen molar-refractivity contribution in [2.75, 3.05) is 37.6 Å². The fraction of sp³-hybridized carbons (Fsp3) is 0.259. The number of nitrogens with one attached hydrogen (secondary N) is 1. The van der Waals surface area contributed by atoms with Gasteiger partial charge in [-0.15, -0.1) is 0 Å². The summed E-state index contributed by atoms with van der Waals surface area (Å²) >= 11 is 0. The quantitative estimate of drug-likeness (QED) is 0.402. The van der Waals surface area contributed by atoms with Gasteiger partial charge in [0.25, 0.3) is 0 Å². The van der Waals surface area contributed by atoms with Gasteiger partial charge in [0, 0.05) is 61.4 Å². The van der Waals surface area contributed by atoms with Gasteiger partial charge in [-0.2, -0.15) is 0 Å². The molecule has 35 heavy (non-hydrogen) atoms. The molecule has 3 N–H and O–H groups in total. The normalized spacial score (nSPS) is 14.2. The zero-order valence-corrected chi connectivity index (χ0v) is 19.4. The Morgan fingerprint density at radius 2 is 1.86 bits per heavy atom. The van der Waals surface area contributed by atoms with Crippen LogP contribution in [0.5, 0.6) is 0 Å². The first-order valence-corrected chi connectivity index (χ1v) is 11.8. The van der Waals surface area contributed by atoms with Crippen molar-refractivity contribution in [3.05, 3.63) is 83.6 Å². The van der Waals surface area contributed by atoms with Crippen LogP contribution in [-0.4, -0.2) is 58.5 Å². The molecule has 3 heterocycles. The smallest absolute Gasteiger partial charge is 0.248 e. The minimum atomic E-state index is -0.446. The maximum Gasteiger partial charge on any atom is 0.248 e. The summed E-state index contributed by atoms with van der Waals surface area (Å²) in [6.07, 6.45) is 7.74. The van der Waals surface area contributed by atoms with Gasteiger partial charge in [0.1, 0.15) is 0 Å². The lowest BCUT2D eigenvalue weighted by molar-refractivity contribution is 0.100. The van der Waals surface area contributed by atoms with E-state index in [4.69, 9.17) is 12.3 Å². The maximum absolute atomic E-state index is 11.4. The number of carbonyl (C=O) groups is 1. The maximum atomic E-state index is 11.4. The number of fused-ring (bicyclic) bond motifs is 1. The number of amides is 1. The van der Waals surface area contributed by atoms with Gasteiger partial charge in [-0.05, 0) is 60.2 Å². The summed E-state index contributed by atoms with van der Waals surface area (Å²) in [5.74, 6) is 0.284. The lowest BCUT2D eigenvalue weighted by atomic mass is 10.1. The summed E-state index contributed by atoms with van der Waals surface area (Å²) in [5, 5.41) is 1.16. The number of benzene rings is 2. The number of rotatable bonds is 7. The average molecular weight is 466 g/mol. The van der Waals surface area contributed by atoms with Gasteiger partial charge in [0.2, 0.25) is 11.9 Å². The zero-order chi connectivity index (χ0) is 24.2. The molecule has 0 bridgehead atoms. The standard InChI is InChI=1S/C27H27N7O/c1-29-23-7-8-25-24(15-23)21(16-30-25)6-3-9-33-10-12-34(13-11-33)27-31-17-22(18-32-27)19-4-2-5-20(14-19)26(28)35/h2,4-5,7-8,14-18,30H,3,6,9-13H2,(H2,28,35). The number of primary amides is 1. The highest BCUT2D eigenvalue weighted by atomic mass is 16.1. The van der Waals surface area contributed by atoms with E-state index in [0.717, 1.165) is 73.5 Å². The second-order valence-electron chi connectivity index (χ2n) is 8.80. The predicted octanol–water partition coefficient (Wildman–Crippen LogP) is 4.03. The SMILES string of the molecule is [C-]#[N+]c1ccc2[nH]cc(CCCN3CCN(c4ncc(-c5cccc(C(N)=O)c5)cn4)CC3)c2c1. The van der Waals surface area contributed by atoms with Crippen molar-refractivity contribution in [3.8, 4) is 11.1 Å². The van der Waals surface area contributed by atoms with Gasteiger partial charge in [-0.25, -0.2) is 14.8 Å². The summed E-state index contributed by atoms with van der Waals surface area (Å²) < 4.78 is 0. The minimum absolute atomic E-state index is 0.446. The first-order chi connectivity index (χ1) is 17.1. The molecule has 0 radical (unpaired) electrons. The van der Waals surface area contributed by atoms with E-state index in [0.29, 0.717) is 11.3 Å². The van der Waals surface area contributed by atoms with E-state index in [-0.39, 0.29) is 0 Å². The Morgan fingerprint density at radius 1 is 1.06 bits per heavy atom. The molecule has 4 aromatic rings. The van der Waals surface area contributed by atoms with Gasteiger partial charge < -0.3 is 15.6 Å². The summed E-state index contributed by atoms with van der Waals surface area (Å²) in [5.41, 5.74) is 10.6. The third-order valence-corrected chi connectivity index (χ3v) is 6.57. The second kappa shape index (κ2) is 9.95. The predicted molar refractivity (Wildman–Crippen MR) is 138 cm³/mol. The third-order valence-electron chi connectivity index (χ3n) is 6.57. The highest BCUT2D eigenvalue weighted by molar-refractivity contribution is 5.94. The molecular formula is C27H27N7O. The van der Waals surface area contributed by atoms with E-state index in [1.807, 2.05) is 30.3 Å². The Bertz CT molecular complexity index is 1380. The molecule has 176 valence electrons. The number of H-pyrrole nitrogens is 1. The monoisotopic (exact) mass is 465 g/mol. The van der Waals surface area contributed by atoms with Crippen molar-refractivity contribution in [1.29, 1.82) is 0 Å². The van der Waals surface area contributed by atoms with Crippen LogP contribution in [0.25, 0.3) is 26.9 Å². The topological polar surface area (TPSA) is 95.5 Å². The van der Waals surface area contributed by atoms with Crippen molar-refractivity contribution >= 4 is 28.4 Å². The van der Waals surface area contributed by atoms with Gasteiger partial charge in [-0.1, -0.05) is 18.2 Å². The molecule has 1 aliphatic rings. The van der Waals surface area contributed by atoms with Crippen LogP contribution < -0.4 is 10.6 Å². The van der Waals surface area contributed by atoms with Crippen molar-refractivity contribution < 1.29 is 4.79 Å². The summed E-state index contributed by atoms with van der Waals surface area (Å²) in [6.45, 7) is 12.0. The Balaban J connectivity index is 1.13. The van der Waals surface area contributed by atoms with Crippen LogP contribution in [0.15, 0.2) is 61.1 Å². The number of aromatic nitrogens is 3. The average Bonchev–Trinajstić information content (AvgIpc) is 3.31. The van der Waals surface area contributed by atoms with Crippen molar-refractivity contribution in [3.63, 3.8) is 0 Å². The van der Waals surface area contributed by atoms with Crippen molar-refractivity contribution in [2.45, 2.75) is 12.8 Å². The lowest BCUT2D eigenvalue weighted by Crippen LogP contribution is -2.47. The van der Waals surface area contributed by atoms with E-state index in [9.17, 15) is 4.79 Å². The number of piperazine rings is 1. The molecule has 1 amide bonds. The van der Waals surface area contributed by atoms with Crippen LogP contribution in [-0.2, 0) is 6.42 Å². The second-order valence-corrected chi connectivity index (χ2v) is 8.80. The summed E-state index contributed by atoms with van der Waals surface area (Å²) in [7, 11) is 0. The zero-order valence-electron chi connectivity index (χ0n) is 19.4. The Kier molecular flexibility index (Phi) is 6.42. The number of nitrogens with zero attached hydrogens (tertiary/aromatic N) is 5. The van der Waals surface area contributed by atoms with Crippen molar-refractivity contribution in [2.24, 2.45) is 5.73 Å². The number of anilines is 1. The lowest BCUT2D eigenvalue weighted by Gasteiger charge is -2.34. The molecule has 1 aliphatic heterocycles. The van der Waals surface area contributed by atoms with Crippen LogP contribution in [0.4, 0.5) is 11.6 Å². The Labute approximate surface area is 204 Å². The fourth-order valence-electron chi connectivity index (χ4n) is 4.59. The molecule has 8 heteroatoms. The largest absolute Gasteiger partial charge is 0.366 e. The number of hydrogen-bond acceptors (Lipinski definition) is 5. The first kappa shape index (κ1) is 22.6. The van der Waals surface area contributed by atoms with Gasteiger partial charge in [0.15, 0.2) is 5.69 Å². The molecule has 0 aliphatic carbocycles. The molecule has 0 atom stereocenters. The van der Waals surface area contributed by atoms with Crippen LogP contribution in [0, 0.1) is 6.57 Å². The number of nitrogens with two attached hydrogens (primary N) is 1. The van der Waals surface area contributed by atoms with E-state index in [2.05, 4.69) is 35.8 Å². The summed E-state index contributed by atoms with van der Waals surface area (Å²) in [6, 6.07) is 13.0. The molecule has 0 unspecified atom stereocenters. The molecule has 5 rings (SSSR count). The Morgan fingerprint density at radius 3 is 2.60 bits per heavy atom. The van der Waals surface area contributed by atoms with E-state index in [1.54, 1.807) is 24.5 Å². The van der Waals surface area contributed by atoms with Crippen LogP contribution in [0.3, 0.4) is 0 Å². The molecule has 1 fully saturated rings. The fourth-order valence-corrected chi connectivity index (χ4v) is 4.59. The molecule has 0 spiro atoms. The summed E-state index contributed by atoms with van der Waals surface area (Å²) in [4.78, 5) is 32.2. The van der Waals surface area contributed by atoms with E-state index >= 15 is 0 Å². The molecule has 1 saturated heterocycles. The Hall–Kier alpha value is -4.22. The van der Waals surface area contributed by atoms with Gasteiger partial charge in [0.05, 0.1) is 6.57 Å². The van der Waals surface area contributed by atoms with Crippen LogP contribution in [0.1, 0.15) is 22.3 Å². The molecule has 2 aromatic carbocycles. The van der Waals surface area contributed by atoms with Crippen LogP contribution in [0.2, 0.25) is 0 Å². The highest BCUT2D eigenvalue weighted by Gasteiger charge is 2.19. The number of aryl methyl sites for hydroxylation is 1. The van der Waals surface area contributed by atoms with Gasteiger partial charge >= 0.3 is 0 Å².